The van der Waals surface area contributed by atoms with Gasteiger partial charge in [0.25, 0.3) is 5.91 Å². The number of amidine groups is 1. The molecule has 4 aromatic carbocycles. The molecule has 4 aromatic rings. The quantitative estimate of drug-likeness (QED) is 0.194. The minimum Gasteiger partial charge on any atom is -0.490 e. The van der Waals surface area contributed by atoms with E-state index < -0.39 is 0 Å². The lowest BCUT2D eigenvalue weighted by Gasteiger charge is -2.16. The summed E-state index contributed by atoms with van der Waals surface area (Å²) in [5.41, 5.74) is 6.75. The summed E-state index contributed by atoms with van der Waals surface area (Å²) in [5, 5.41) is 0.998. The predicted octanol–water partition coefficient (Wildman–Crippen LogP) is 9.05. The number of ether oxygens (including phenoxy) is 2. The number of hydrogen-bond donors (Lipinski definition) is 0. The molecule has 0 radical (unpaired) electrons. The number of carbonyl (C=O) groups excluding carboxylic acids is 1. The van der Waals surface area contributed by atoms with Crippen molar-refractivity contribution < 1.29 is 14.3 Å². The van der Waals surface area contributed by atoms with Crippen LogP contribution in [0.3, 0.4) is 0 Å². The minimum atomic E-state index is -0.154. The summed E-state index contributed by atoms with van der Waals surface area (Å²) < 4.78 is 12.0. The van der Waals surface area contributed by atoms with Crippen LogP contribution in [0.4, 0.5) is 11.4 Å². The highest BCUT2D eigenvalue weighted by molar-refractivity contribution is 8.19. The molecule has 1 amide bonds. The van der Waals surface area contributed by atoms with Crippen LogP contribution < -0.4 is 14.4 Å². The fourth-order valence-corrected chi connectivity index (χ4v) is 5.54. The first-order chi connectivity index (χ1) is 19.8. The molecule has 0 spiro atoms. The number of rotatable bonds is 8. The van der Waals surface area contributed by atoms with Crippen molar-refractivity contribution >= 4 is 51.9 Å². The van der Waals surface area contributed by atoms with E-state index in [0.717, 1.165) is 33.6 Å². The molecule has 1 aliphatic heterocycles. The average molecular weight is 583 g/mol. The second kappa shape index (κ2) is 12.7. The number of nitrogens with zero attached hydrogens (tertiary/aromatic N) is 2. The van der Waals surface area contributed by atoms with Crippen molar-refractivity contribution in [3.05, 3.63) is 123 Å². The molecule has 41 heavy (non-hydrogen) atoms. The van der Waals surface area contributed by atoms with Gasteiger partial charge in [0, 0.05) is 0 Å². The van der Waals surface area contributed by atoms with E-state index in [0.29, 0.717) is 39.8 Å². The maximum absolute atomic E-state index is 13.8. The molecule has 7 heteroatoms. The third kappa shape index (κ3) is 6.84. The Kier molecular flexibility index (Phi) is 8.81. The Morgan fingerprint density at radius 1 is 0.854 bits per heavy atom. The Morgan fingerprint density at radius 2 is 1.46 bits per heavy atom. The Labute approximate surface area is 250 Å². The third-order valence-electron chi connectivity index (χ3n) is 6.49. The van der Waals surface area contributed by atoms with Crippen LogP contribution in [0.15, 0.2) is 94.8 Å². The van der Waals surface area contributed by atoms with Gasteiger partial charge in [-0.1, -0.05) is 76.8 Å². The van der Waals surface area contributed by atoms with E-state index in [1.165, 1.54) is 17.3 Å². The first-order valence-corrected chi connectivity index (χ1v) is 14.6. The Bertz CT molecular complexity index is 1610. The van der Waals surface area contributed by atoms with E-state index >= 15 is 0 Å². The van der Waals surface area contributed by atoms with Gasteiger partial charge in [-0.05, 0) is 93.1 Å². The van der Waals surface area contributed by atoms with Gasteiger partial charge in [-0.25, -0.2) is 4.99 Å². The number of halogens is 1. The molecule has 1 heterocycles. The summed E-state index contributed by atoms with van der Waals surface area (Å²) in [6, 6.07) is 27.6. The van der Waals surface area contributed by atoms with Crippen LogP contribution in [0, 0.1) is 20.8 Å². The summed E-state index contributed by atoms with van der Waals surface area (Å²) in [6.45, 7) is 8.81. The second-order valence-corrected chi connectivity index (χ2v) is 11.3. The maximum atomic E-state index is 13.8. The number of anilines is 1. The Balaban J connectivity index is 1.48. The molecule has 0 saturated carbocycles. The van der Waals surface area contributed by atoms with Crippen LogP contribution >= 0.6 is 23.4 Å². The number of carbonyl (C=O) groups is 1. The zero-order chi connectivity index (χ0) is 28.9. The molecule has 0 aliphatic carbocycles. The maximum Gasteiger partial charge on any atom is 0.271 e. The molecule has 0 unspecified atom stereocenters. The van der Waals surface area contributed by atoms with Crippen LogP contribution in [0.1, 0.15) is 34.7 Å². The van der Waals surface area contributed by atoms with Crippen LogP contribution in [-0.4, -0.2) is 17.7 Å². The fraction of sp³-hybridized carbons (Fsp3) is 0.176. The van der Waals surface area contributed by atoms with Crippen molar-refractivity contribution in [2.75, 3.05) is 11.5 Å². The lowest BCUT2D eigenvalue weighted by Crippen LogP contribution is -2.28. The average Bonchev–Trinajstić information content (AvgIpc) is 3.25. The molecular formula is C34H31ClN2O3S. The summed E-state index contributed by atoms with van der Waals surface area (Å²) >= 11 is 8.04. The van der Waals surface area contributed by atoms with Gasteiger partial charge < -0.3 is 9.47 Å². The molecular weight excluding hydrogens is 552 g/mol. The summed E-state index contributed by atoms with van der Waals surface area (Å²) in [6.07, 6.45) is 1.82. The van der Waals surface area contributed by atoms with Crippen molar-refractivity contribution in [1.82, 2.24) is 0 Å². The molecule has 0 atom stereocenters. The number of hydrogen-bond acceptors (Lipinski definition) is 5. The molecule has 1 saturated heterocycles. The van der Waals surface area contributed by atoms with E-state index in [-0.39, 0.29) is 5.91 Å². The molecule has 5 rings (SSSR count). The zero-order valence-corrected chi connectivity index (χ0v) is 25.1. The van der Waals surface area contributed by atoms with E-state index in [4.69, 9.17) is 26.1 Å². The highest BCUT2D eigenvalue weighted by atomic mass is 35.5. The minimum absolute atomic E-state index is 0.154. The number of benzene rings is 4. The number of aryl methyl sites for hydroxylation is 3. The molecule has 0 N–H and O–H groups in total. The molecule has 1 aliphatic rings. The highest BCUT2D eigenvalue weighted by Gasteiger charge is 2.35. The summed E-state index contributed by atoms with van der Waals surface area (Å²) in [7, 11) is 0. The third-order valence-corrected chi connectivity index (χ3v) is 7.74. The van der Waals surface area contributed by atoms with Gasteiger partial charge in [0.1, 0.15) is 6.61 Å². The number of thioether (sulfide) groups is 1. The van der Waals surface area contributed by atoms with Gasteiger partial charge in [0.15, 0.2) is 16.7 Å². The Hall–Kier alpha value is -4.00. The Morgan fingerprint density at radius 3 is 2.10 bits per heavy atom. The van der Waals surface area contributed by atoms with E-state index in [9.17, 15) is 4.79 Å². The number of amides is 1. The molecule has 0 bridgehead atoms. The number of aliphatic imine (C=N–C) groups is 1. The fourth-order valence-electron chi connectivity index (χ4n) is 4.27. The SMILES string of the molecule is CCOc1cc(/C=C2\SC(=Nc3ccc(C)cc3)N(c3ccc(C)cc3)C2=O)cc(Cl)c1OCc1ccc(C)cc1. The van der Waals surface area contributed by atoms with Gasteiger partial charge >= 0.3 is 0 Å². The van der Waals surface area contributed by atoms with Gasteiger partial charge in [0.05, 0.1) is 27.9 Å². The van der Waals surface area contributed by atoms with Crippen molar-refractivity contribution in [3.63, 3.8) is 0 Å². The summed E-state index contributed by atoms with van der Waals surface area (Å²) in [4.78, 5) is 20.8. The molecule has 1 fully saturated rings. The van der Waals surface area contributed by atoms with Crippen molar-refractivity contribution in [1.29, 1.82) is 0 Å². The summed E-state index contributed by atoms with van der Waals surface area (Å²) in [5.74, 6) is 0.849. The van der Waals surface area contributed by atoms with Crippen molar-refractivity contribution in [3.8, 4) is 11.5 Å². The predicted molar refractivity (Wildman–Crippen MR) is 171 cm³/mol. The molecule has 0 aromatic heterocycles. The van der Waals surface area contributed by atoms with Gasteiger partial charge in [0.2, 0.25) is 0 Å². The largest absolute Gasteiger partial charge is 0.490 e. The lowest BCUT2D eigenvalue weighted by atomic mass is 10.1. The van der Waals surface area contributed by atoms with Crippen LogP contribution in [0.5, 0.6) is 11.5 Å². The van der Waals surface area contributed by atoms with Crippen LogP contribution in [-0.2, 0) is 11.4 Å². The smallest absolute Gasteiger partial charge is 0.271 e. The second-order valence-electron chi connectivity index (χ2n) is 9.85. The first kappa shape index (κ1) is 28.5. The highest BCUT2D eigenvalue weighted by Crippen LogP contribution is 2.41. The lowest BCUT2D eigenvalue weighted by molar-refractivity contribution is -0.113. The van der Waals surface area contributed by atoms with E-state index in [2.05, 4.69) is 0 Å². The topological polar surface area (TPSA) is 51.1 Å². The zero-order valence-electron chi connectivity index (χ0n) is 23.5. The van der Waals surface area contributed by atoms with Crippen molar-refractivity contribution in [2.24, 2.45) is 4.99 Å². The normalized spacial score (nSPS) is 15.1. The van der Waals surface area contributed by atoms with E-state index in [1.54, 1.807) is 11.0 Å². The van der Waals surface area contributed by atoms with Crippen LogP contribution in [0.2, 0.25) is 5.02 Å². The van der Waals surface area contributed by atoms with E-state index in [1.807, 2.05) is 113 Å². The molecule has 208 valence electrons. The molecule has 5 nitrogen and oxygen atoms in total. The first-order valence-electron chi connectivity index (χ1n) is 13.4. The monoisotopic (exact) mass is 582 g/mol. The van der Waals surface area contributed by atoms with Gasteiger partial charge in [-0.15, -0.1) is 0 Å². The van der Waals surface area contributed by atoms with Gasteiger partial charge in [-0.2, -0.15) is 0 Å². The van der Waals surface area contributed by atoms with Gasteiger partial charge in [-0.3, -0.25) is 9.69 Å². The standard InChI is InChI=1S/C34H31ClN2O3S/c1-5-39-30-19-26(18-29(35)32(30)40-21-25-12-6-22(2)7-13-25)20-31-33(38)37(28-16-10-24(4)11-17-28)34(41-31)36-27-14-8-23(3)9-15-27/h6-20H,5,21H2,1-4H3/b31-20-,36-34?. The van der Waals surface area contributed by atoms with Crippen molar-refractivity contribution in [2.45, 2.75) is 34.3 Å². The van der Waals surface area contributed by atoms with Crippen LogP contribution in [0.25, 0.3) is 6.08 Å².